The van der Waals surface area contributed by atoms with Crippen LogP contribution in [-0.4, -0.2) is 20.5 Å². The number of carbonyl (C=O) groups excluding carboxylic acids is 1. The van der Waals surface area contributed by atoms with E-state index < -0.39 is 0 Å². The molecule has 2 aliphatic rings. The molecular formula is C22H21ClN4OS2. The van der Waals surface area contributed by atoms with Crippen LogP contribution in [0.25, 0.3) is 0 Å². The van der Waals surface area contributed by atoms with Crippen LogP contribution in [0.1, 0.15) is 43.2 Å². The first-order valence-electron chi connectivity index (χ1n) is 9.81. The van der Waals surface area contributed by atoms with E-state index in [-0.39, 0.29) is 17.2 Å². The fourth-order valence-corrected chi connectivity index (χ4v) is 6.05. The van der Waals surface area contributed by atoms with Crippen molar-refractivity contribution in [3.63, 3.8) is 0 Å². The molecule has 0 bridgehead atoms. The molecule has 3 heterocycles. The molecule has 0 fully saturated rings. The highest BCUT2D eigenvalue weighted by molar-refractivity contribution is 7.98. The van der Waals surface area contributed by atoms with E-state index in [2.05, 4.69) is 25.2 Å². The number of carbonyl (C=O) groups is 1. The van der Waals surface area contributed by atoms with E-state index in [1.165, 1.54) is 0 Å². The van der Waals surface area contributed by atoms with Crippen molar-refractivity contribution < 1.29 is 4.79 Å². The van der Waals surface area contributed by atoms with Crippen molar-refractivity contribution in [3.8, 4) is 0 Å². The molecule has 0 amide bonds. The maximum atomic E-state index is 13.1. The summed E-state index contributed by atoms with van der Waals surface area (Å²) in [5.41, 5.74) is 2.80. The van der Waals surface area contributed by atoms with Crippen molar-refractivity contribution in [3.05, 3.63) is 68.5 Å². The lowest BCUT2D eigenvalue weighted by molar-refractivity contribution is -0.118. The molecule has 30 heavy (non-hydrogen) atoms. The summed E-state index contributed by atoms with van der Waals surface area (Å²) in [6, 6.07) is 11.7. The van der Waals surface area contributed by atoms with Crippen molar-refractivity contribution in [2.24, 2.45) is 5.41 Å². The van der Waals surface area contributed by atoms with Gasteiger partial charge in [0.15, 0.2) is 5.78 Å². The van der Waals surface area contributed by atoms with Gasteiger partial charge in [0, 0.05) is 33.3 Å². The Kier molecular flexibility index (Phi) is 5.00. The zero-order valence-corrected chi connectivity index (χ0v) is 19.1. The molecule has 5 rings (SSSR count). The number of halogens is 1. The third-order valence-corrected chi connectivity index (χ3v) is 7.62. The van der Waals surface area contributed by atoms with Gasteiger partial charge in [-0.1, -0.05) is 61.5 Å². The van der Waals surface area contributed by atoms with Gasteiger partial charge in [-0.25, -0.2) is 4.68 Å². The van der Waals surface area contributed by atoms with Crippen LogP contribution < -0.4 is 5.32 Å². The molecule has 3 aromatic rings. The number of nitrogens with zero attached hydrogens (tertiary/aromatic N) is 3. The summed E-state index contributed by atoms with van der Waals surface area (Å²) in [4.78, 5) is 19.0. The minimum absolute atomic E-state index is 0.0628. The van der Waals surface area contributed by atoms with Gasteiger partial charge in [-0.2, -0.15) is 4.98 Å². The summed E-state index contributed by atoms with van der Waals surface area (Å²) >= 11 is 9.49. The number of ketones is 1. The molecule has 8 heteroatoms. The SMILES string of the molecule is CC1(C)CC(=O)C2=C(C1)Nc1nc(SCc3ccccc3Cl)nn1[C@@H]2c1cccs1. The highest BCUT2D eigenvalue weighted by Gasteiger charge is 2.42. The van der Waals surface area contributed by atoms with Crippen molar-refractivity contribution in [1.82, 2.24) is 14.8 Å². The molecule has 0 saturated heterocycles. The predicted octanol–water partition coefficient (Wildman–Crippen LogP) is 5.94. The number of thioether (sulfide) groups is 1. The highest BCUT2D eigenvalue weighted by Crippen LogP contribution is 2.46. The number of allylic oxidation sites excluding steroid dienone is 2. The van der Waals surface area contributed by atoms with Gasteiger partial charge in [0.2, 0.25) is 11.1 Å². The van der Waals surface area contributed by atoms with Gasteiger partial charge in [-0.3, -0.25) is 4.79 Å². The van der Waals surface area contributed by atoms with E-state index in [1.54, 1.807) is 23.1 Å². The van der Waals surface area contributed by atoms with Crippen LogP contribution in [0.3, 0.4) is 0 Å². The zero-order valence-electron chi connectivity index (χ0n) is 16.7. The standard InChI is InChI=1S/C22H21ClN4OS2/c1-22(2)10-15-18(16(28)11-22)19(17-8-5-9-29-17)27-20(24-15)25-21(26-27)30-12-13-6-3-4-7-14(13)23/h3-9,19H,10-12H2,1-2H3,(H,24,25,26)/t19-/m1/s1. The Morgan fingerprint density at radius 2 is 2.10 bits per heavy atom. The monoisotopic (exact) mass is 456 g/mol. The fourth-order valence-electron chi connectivity index (χ4n) is 4.12. The smallest absolute Gasteiger partial charge is 0.227 e. The second-order valence-corrected chi connectivity index (χ2v) is 10.7. The molecule has 1 atom stereocenters. The van der Waals surface area contributed by atoms with Crippen molar-refractivity contribution in [2.45, 2.75) is 43.6 Å². The Morgan fingerprint density at radius 3 is 2.87 bits per heavy atom. The lowest BCUT2D eigenvalue weighted by Gasteiger charge is -2.37. The zero-order chi connectivity index (χ0) is 20.9. The molecule has 1 aliphatic heterocycles. The molecular weight excluding hydrogens is 436 g/mol. The van der Waals surface area contributed by atoms with Crippen LogP contribution >= 0.6 is 34.7 Å². The summed E-state index contributed by atoms with van der Waals surface area (Å²) < 4.78 is 1.87. The molecule has 1 aromatic carbocycles. The molecule has 5 nitrogen and oxygen atoms in total. The average Bonchev–Trinajstić information content (AvgIpc) is 3.34. The lowest BCUT2D eigenvalue weighted by Crippen LogP contribution is -2.36. The van der Waals surface area contributed by atoms with Crippen LogP contribution in [0.4, 0.5) is 5.95 Å². The number of hydrogen-bond donors (Lipinski definition) is 1. The van der Waals surface area contributed by atoms with Crippen LogP contribution in [-0.2, 0) is 10.5 Å². The normalized spacial score (nSPS) is 20.0. The third-order valence-electron chi connectivity index (χ3n) is 5.44. The number of Topliss-reactive ketones (excluding diaryl/α,β-unsaturated/α-hetero) is 1. The van der Waals surface area contributed by atoms with Crippen LogP contribution in [0.5, 0.6) is 0 Å². The van der Waals surface area contributed by atoms with E-state index >= 15 is 0 Å². The number of hydrogen-bond acceptors (Lipinski definition) is 6. The Hall–Kier alpha value is -2.09. The fraction of sp³-hybridized carbons (Fsp3) is 0.318. The van der Waals surface area contributed by atoms with Gasteiger partial charge in [-0.15, -0.1) is 16.4 Å². The number of rotatable bonds is 4. The molecule has 0 saturated carbocycles. The number of benzene rings is 1. The molecule has 0 radical (unpaired) electrons. The summed E-state index contributed by atoms with van der Waals surface area (Å²) in [5, 5.41) is 11.7. The van der Waals surface area contributed by atoms with Gasteiger partial charge < -0.3 is 5.32 Å². The van der Waals surface area contributed by atoms with Crippen molar-refractivity contribution in [2.75, 3.05) is 5.32 Å². The summed E-state index contributed by atoms with van der Waals surface area (Å²) in [6.45, 7) is 4.28. The van der Waals surface area contributed by atoms with E-state index in [0.717, 1.165) is 33.2 Å². The molecule has 1 aliphatic carbocycles. The number of anilines is 1. The van der Waals surface area contributed by atoms with E-state index in [4.69, 9.17) is 21.7 Å². The number of nitrogens with one attached hydrogen (secondary N) is 1. The number of fused-ring (bicyclic) bond motifs is 1. The van der Waals surface area contributed by atoms with Gasteiger partial charge in [0.25, 0.3) is 0 Å². The van der Waals surface area contributed by atoms with Crippen LogP contribution in [0, 0.1) is 5.41 Å². The first-order chi connectivity index (χ1) is 14.4. The first kappa shape index (κ1) is 19.8. The minimum Gasteiger partial charge on any atom is -0.328 e. The quantitative estimate of drug-likeness (QED) is 0.492. The predicted molar refractivity (Wildman–Crippen MR) is 122 cm³/mol. The number of aromatic nitrogens is 3. The Balaban J connectivity index is 1.51. The topological polar surface area (TPSA) is 59.8 Å². The van der Waals surface area contributed by atoms with Gasteiger partial charge in [-0.05, 0) is 34.9 Å². The molecule has 1 N–H and O–H groups in total. The highest BCUT2D eigenvalue weighted by atomic mass is 35.5. The second kappa shape index (κ2) is 7.55. The molecule has 154 valence electrons. The second-order valence-electron chi connectivity index (χ2n) is 8.42. The third kappa shape index (κ3) is 3.59. The largest absolute Gasteiger partial charge is 0.328 e. The minimum atomic E-state index is -0.220. The molecule has 0 spiro atoms. The summed E-state index contributed by atoms with van der Waals surface area (Å²) in [7, 11) is 0. The van der Waals surface area contributed by atoms with E-state index in [1.807, 2.05) is 40.4 Å². The van der Waals surface area contributed by atoms with Gasteiger partial charge >= 0.3 is 0 Å². The average molecular weight is 457 g/mol. The van der Waals surface area contributed by atoms with Crippen LogP contribution in [0.15, 0.2) is 58.2 Å². The Morgan fingerprint density at radius 1 is 1.27 bits per heavy atom. The van der Waals surface area contributed by atoms with Gasteiger partial charge in [0.05, 0.1) is 0 Å². The van der Waals surface area contributed by atoms with Crippen molar-refractivity contribution in [1.29, 1.82) is 0 Å². The van der Waals surface area contributed by atoms with Gasteiger partial charge in [0.1, 0.15) is 6.04 Å². The lowest BCUT2D eigenvalue weighted by atomic mass is 9.73. The maximum Gasteiger partial charge on any atom is 0.227 e. The first-order valence-corrected chi connectivity index (χ1v) is 12.0. The maximum absolute atomic E-state index is 13.1. The van der Waals surface area contributed by atoms with E-state index in [9.17, 15) is 4.79 Å². The summed E-state index contributed by atoms with van der Waals surface area (Å²) in [6.07, 6.45) is 1.37. The molecule has 0 unspecified atom stereocenters. The molecule has 2 aromatic heterocycles. The van der Waals surface area contributed by atoms with Crippen molar-refractivity contribution >= 4 is 46.4 Å². The summed E-state index contributed by atoms with van der Waals surface area (Å²) in [5.74, 6) is 1.57. The Bertz CT molecular complexity index is 1150. The Labute approximate surface area is 188 Å². The van der Waals surface area contributed by atoms with E-state index in [0.29, 0.717) is 23.3 Å². The number of thiophene rings is 1. The van der Waals surface area contributed by atoms with Crippen LogP contribution in [0.2, 0.25) is 5.02 Å².